The second-order valence-corrected chi connectivity index (χ2v) is 5.97. The molecular weight excluding hydrogens is 286 g/mol. The number of ether oxygens (including phenoxy) is 1. The van der Waals surface area contributed by atoms with Gasteiger partial charge in [0.25, 0.3) is 0 Å². The van der Waals surface area contributed by atoms with Crippen molar-refractivity contribution in [1.29, 1.82) is 0 Å². The molecule has 1 N–H and O–H groups in total. The van der Waals surface area contributed by atoms with Crippen LogP contribution in [0.1, 0.15) is 51.9 Å². The lowest BCUT2D eigenvalue weighted by molar-refractivity contribution is -0.167. The molecule has 0 spiro atoms. The fourth-order valence-electron chi connectivity index (χ4n) is 2.78. The SMILES string of the molecule is CCCNC(COCC(F)(F)C(F)F)CC1CCCCC1. The summed E-state index contributed by atoms with van der Waals surface area (Å²) in [4.78, 5) is 0. The minimum absolute atomic E-state index is 0.0264. The summed E-state index contributed by atoms with van der Waals surface area (Å²) in [6.07, 6.45) is 4.17. The summed E-state index contributed by atoms with van der Waals surface area (Å²) in [5.41, 5.74) is 0. The molecule has 1 unspecified atom stereocenters. The quantitative estimate of drug-likeness (QED) is 0.609. The van der Waals surface area contributed by atoms with E-state index in [1.165, 1.54) is 19.3 Å². The van der Waals surface area contributed by atoms with Crippen molar-refractivity contribution >= 4 is 0 Å². The van der Waals surface area contributed by atoms with Crippen LogP contribution < -0.4 is 5.32 Å². The molecule has 1 aliphatic rings. The standard InChI is InChI=1S/C15H27F4NO/c1-2-8-20-13(9-12-6-4-3-5-7-12)10-21-11-15(18,19)14(16)17/h12-14,20H,2-11H2,1H3. The first-order valence-corrected chi connectivity index (χ1v) is 7.92. The Morgan fingerprint density at radius 3 is 2.43 bits per heavy atom. The van der Waals surface area contributed by atoms with Crippen molar-refractivity contribution in [1.82, 2.24) is 5.32 Å². The van der Waals surface area contributed by atoms with E-state index in [0.29, 0.717) is 5.92 Å². The second-order valence-electron chi connectivity index (χ2n) is 5.97. The van der Waals surface area contributed by atoms with Gasteiger partial charge in [0.1, 0.15) is 6.61 Å². The van der Waals surface area contributed by atoms with E-state index in [-0.39, 0.29) is 12.6 Å². The molecule has 2 nitrogen and oxygen atoms in total. The van der Waals surface area contributed by atoms with Gasteiger partial charge in [-0.2, -0.15) is 8.78 Å². The van der Waals surface area contributed by atoms with Gasteiger partial charge in [-0.05, 0) is 25.3 Å². The lowest BCUT2D eigenvalue weighted by Gasteiger charge is -2.27. The van der Waals surface area contributed by atoms with Gasteiger partial charge in [0.15, 0.2) is 0 Å². The molecule has 0 amide bonds. The summed E-state index contributed by atoms with van der Waals surface area (Å²) in [5.74, 6) is -3.47. The third kappa shape index (κ3) is 7.45. The Bertz CT molecular complexity index is 270. The van der Waals surface area contributed by atoms with Crippen LogP contribution in [0, 0.1) is 5.92 Å². The third-order valence-electron chi connectivity index (χ3n) is 3.96. The monoisotopic (exact) mass is 313 g/mol. The number of halogens is 4. The van der Waals surface area contributed by atoms with E-state index in [1.54, 1.807) is 0 Å². The zero-order valence-corrected chi connectivity index (χ0v) is 12.7. The largest absolute Gasteiger partial charge is 0.373 e. The highest BCUT2D eigenvalue weighted by Crippen LogP contribution is 2.28. The molecule has 6 heteroatoms. The van der Waals surface area contributed by atoms with Gasteiger partial charge in [-0.15, -0.1) is 0 Å². The summed E-state index contributed by atoms with van der Waals surface area (Å²) >= 11 is 0. The minimum atomic E-state index is -4.06. The van der Waals surface area contributed by atoms with Crippen LogP contribution in [0.2, 0.25) is 0 Å². The first-order valence-electron chi connectivity index (χ1n) is 7.92. The molecule has 0 aromatic rings. The molecule has 0 aromatic heterocycles. The smallest absolute Gasteiger partial charge is 0.330 e. The summed E-state index contributed by atoms with van der Waals surface area (Å²) in [6, 6.07) is -0.0264. The van der Waals surface area contributed by atoms with E-state index in [2.05, 4.69) is 5.32 Å². The first-order chi connectivity index (χ1) is 9.95. The van der Waals surface area contributed by atoms with Crippen LogP contribution in [0.5, 0.6) is 0 Å². The van der Waals surface area contributed by atoms with E-state index < -0.39 is 19.0 Å². The van der Waals surface area contributed by atoms with Gasteiger partial charge in [0, 0.05) is 6.04 Å². The van der Waals surface area contributed by atoms with Crippen LogP contribution in [0.15, 0.2) is 0 Å². The summed E-state index contributed by atoms with van der Waals surface area (Å²) in [7, 11) is 0. The molecule has 0 aliphatic heterocycles. The van der Waals surface area contributed by atoms with Crippen LogP contribution in [-0.2, 0) is 4.74 Å². The van der Waals surface area contributed by atoms with E-state index in [0.717, 1.165) is 32.2 Å². The summed E-state index contributed by atoms with van der Waals surface area (Å²) < 4.78 is 54.6. The van der Waals surface area contributed by atoms with E-state index in [9.17, 15) is 17.6 Å². The molecule has 126 valence electrons. The normalized spacial score (nSPS) is 19.1. The maximum absolute atomic E-state index is 12.8. The van der Waals surface area contributed by atoms with Gasteiger partial charge in [-0.1, -0.05) is 39.0 Å². The molecule has 1 saturated carbocycles. The number of rotatable bonds is 10. The Morgan fingerprint density at radius 2 is 1.86 bits per heavy atom. The molecule has 1 fully saturated rings. The van der Waals surface area contributed by atoms with E-state index in [4.69, 9.17) is 4.74 Å². The third-order valence-corrected chi connectivity index (χ3v) is 3.96. The first kappa shape index (κ1) is 18.7. The van der Waals surface area contributed by atoms with Gasteiger partial charge in [0.05, 0.1) is 6.61 Å². The maximum Gasteiger partial charge on any atom is 0.330 e. The van der Waals surface area contributed by atoms with Crippen molar-refractivity contribution in [2.24, 2.45) is 5.92 Å². The molecule has 0 saturated heterocycles. The molecule has 21 heavy (non-hydrogen) atoms. The number of alkyl halides is 4. The van der Waals surface area contributed by atoms with Crippen molar-refractivity contribution in [2.75, 3.05) is 19.8 Å². The molecule has 0 aromatic carbocycles. The van der Waals surface area contributed by atoms with Gasteiger partial charge < -0.3 is 10.1 Å². The zero-order valence-electron chi connectivity index (χ0n) is 12.7. The molecule has 0 heterocycles. The Kier molecular flexibility index (Phi) is 8.56. The molecule has 1 aliphatic carbocycles. The second kappa shape index (κ2) is 9.62. The minimum Gasteiger partial charge on any atom is -0.373 e. The van der Waals surface area contributed by atoms with Gasteiger partial charge in [-0.25, -0.2) is 8.78 Å². The summed E-state index contributed by atoms with van der Waals surface area (Å²) in [5, 5.41) is 3.27. The fourth-order valence-corrected chi connectivity index (χ4v) is 2.78. The topological polar surface area (TPSA) is 21.3 Å². The molecule has 1 rings (SSSR count). The van der Waals surface area contributed by atoms with Crippen molar-refractivity contribution in [2.45, 2.75) is 70.3 Å². The Morgan fingerprint density at radius 1 is 1.19 bits per heavy atom. The number of nitrogens with one attached hydrogen (secondary N) is 1. The Balaban J connectivity index is 2.34. The van der Waals surface area contributed by atoms with Gasteiger partial charge >= 0.3 is 12.3 Å². The lowest BCUT2D eigenvalue weighted by atomic mass is 9.85. The van der Waals surface area contributed by atoms with E-state index >= 15 is 0 Å². The molecular formula is C15H27F4NO. The van der Waals surface area contributed by atoms with E-state index in [1.807, 2.05) is 6.92 Å². The maximum atomic E-state index is 12.8. The van der Waals surface area contributed by atoms with Crippen LogP contribution in [0.3, 0.4) is 0 Å². The average Bonchev–Trinajstić information content (AvgIpc) is 2.45. The number of hydrogen-bond acceptors (Lipinski definition) is 2. The van der Waals surface area contributed by atoms with Crippen LogP contribution in [0.25, 0.3) is 0 Å². The Labute approximate surface area is 124 Å². The fraction of sp³-hybridized carbons (Fsp3) is 1.00. The predicted molar refractivity (Wildman–Crippen MR) is 75.0 cm³/mol. The summed E-state index contributed by atoms with van der Waals surface area (Å²) in [6.45, 7) is 1.67. The number of hydrogen-bond donors (Lipinski definition) is 1. The lowest BCUT2D eigenvalue weighted by Crippen LogP contribution is -2.39. The highest BCUT2D eigenvalue weighted by atomic mass is 19.3. The van der Waals surface area contributed by atoms with Crippen molar-refractivity contribution < 1.29 is 22.3 Å². The highest BCUT2D eigenvalue weighted by Gasteiger charge is 2.41. The Hall–Kier alpha value is -0.360. The molecule has 1 atom stereocenters. The average molecular weight is 313 g/mol. The van der Waals surface area contributed by atoms with Crippen molar-refractivity contribution in [3.63, 3.8) is 0 Å². The predicted octanol–water partition coefficient (Wildman–Crippen LogP) is 4.24. The molecule has 0 radical (unpaired) electrons. The zero-order chi connectivity index (χ0) is 15.7. The van der Waals surface area contributed by atoms with Crippen molar-refractivity contribution in [3.05, 3.63) is 0 Å². The van der Waals surface area contributed by atoms with Gasteiger partial charge in [0.2, 0.25) is 0 Å². The molecule has 0 bridgehead atoms. The van der Waals surface area contributed by atoms with Crippen molar-refractivity contribution in [3.8, 4) is 0 Å². The highest BCUT2D eigenvalue weighted by molar-refractivity contribution is 4.75. The van der Waals surface area contributed by atoms with Crippen LogP contribution in [0.4, 0.5) is 17.6 Å². The van der Waals surface area contributed by atoms with Gasteiger partial charge in [-0.3, -0.25) is 0 Å². The van der Waals surface area contributed by atoms with Crippen LogP contribution in [-0.4, -0.2) is 38.1 Å². The van der Waals surface area contributed by atoms with Crippen LogP contribution >= 0.6 is 0 Å².